The van der Waals surface area contributed by atoms with Gasteiger partial charge in [-0.3, -0.25) is 4.79 Å². The maximum Gasteiger partial charge on any atom is 0.159 e. The van der Waals surface area contributed by atoms with E-state index in [0.29, 0.717) is 18.3 Å². The fourth-order valence-electron chi connectivity index (χ4n) is 3.37. The second-order valence-corrected chi connectivity index (χ2v) is 6.69. The van der Waals surface area contributed by atoms with E-state index in [1.165, 1.54) is 32.1 Å². The number of hydrogen-bond donors (Lipinski definition) is 2. The van der Waals surface area contributed by atoms with Gasteiger partial charge in [-0.25, -0.2) is 0 Å². The number of Topliss-reactive ketones (excluding diaryl/α,β-unsaturated/α-hetero) is 1. The molecule has 0 spiro atoms. The molecule has 1 saturated carbocycles. The monoisotopic (exact) mass is 323 g/mol. The number of hydrogen-bond acceptors (Lipinski definition) is 3. The lowest BCUT2D eigenvalue weighted by atomic mass is 9.95. The second-order valence-electron chi connectivity index (χ2n) is 6.69. The summed E-state index contributed by atoms with van der Waals surface area (Å²) < 4.78 is 0. The molecule has 0 amide bonds. The summed E-state index contributed by atoms with van der Waals surface area (Å²) in [6.45, 7) is 2.26. The van der Waals surface area contributed by atoms with Crippen LogP contribution in [0.3, 0.4) is 0 Å². The van der Waals surface area contributed by atoms with Crippen LogP contribution in [0.4, 0.5) is 0 Å². The van der Waals surface area contributed by atoms with E-state index in [2.05, 4.69) is 5.32 Å². The van der Waals surface area contributed by atoms with Gasteiger partial charge in [0.25, 0.3) is 0 Å². The largest absolute Gasteiger partial charge is 0.508 e. The first kappa shape index (κ1) is 16.7. The summed E-state index contributed by atoms with van der Waals surface area (Å²) in [5.74, 6) is 0.409. The highest BCUT2D eigenvalue weighted by Crippen LogP contribution is 2.27. The average Bonchev–Trinajstić information content (AvgIpc) is 2.62. The molecular formula is C21H25NO2. The van der Waals surface area contributed by atoms with Gasteiger partial charge in [0.15, 0.2) is 5.78 Å². The molecule has 2 aromatic carbocycles. The molecule has 24 heavy (non-hydrogen) atoms. The van der Waals surface area contributed by atoms with Crippen LogP contribution in [0.1, 0.15) is 54.9 Å². The maximum absolute atomic E-state index is 11.4. The molecule has 1 aliphatic rings. The number of nitrogens with one attached hydrogen (secondary N) is 1. The predicted octanol–water partition coefficient (Wildman–Crippen LogP) is 4.68. The van der Waals surface area contributed by atoms with Crippen molar-refractivity contribution in [1.82, 2.24) is 5.32 Å². The number of carbonyl (C=O) groups excluding carboxylic acids is 1. The van der Waals surface area contributed by atoms with Crippen LogP contribution in [-0.4, -0.2) is 16.9 Å². The van der Waals surface area contributed by atoms with E-state index >= 15 is 0 Å². The lowest BCUT2D eigenvalue weighted by Crippen LogP contribution is -2.30. The highest BCUT2D eigenvalue weighted by atomic mass is 16.3. The van der Waals surface area contributed by atoms with E-state index in [0.717, 1.165) is 22.3 Å². The molecule has 0 aliphatic heterocycles. The Morgan fingerprint density at radius 2 is 1.71 bits per heavy atom. The van der Waals surface area contributed by atoms with Gasteiger partial charge < -0.3 is 10.4 Å². The minimum Gasteiger partial charge on any atom is -0.508 e. The van der Waals surface area contributed by atoms with Gasteiger partial charge in [-0.2, -0.15) is 0 Å². The van der Waals surface area contributed by atoms with Crippen molar-refractivity contribution in [3.8, 4) is 16.9 Å². The Balaban J connectivity index is 1.74. The number of ketones is 1. The smallest absolute Gasteiger partial charge is 0.159 e. The van der Waals surface area contributed by atoms with Crippen molar-refractivity contribution in [2.24, 2.45) is 0 Å². The topological polar surface area (TPSA) is 49.3 Å². The van der Waals surface area contributed by atoms with E-state index in [4.69, 9.17) is 0 Å². The Hall–Kier alpha value is -2.13. The average molecular weight is 323 g/mol. The van der Waals surface area contributed by atoms with Crippen molar-refractivity contribution >= 4 is 5.78 Å². The molecule has 2 aromatic rings. The molecule has 0 aromatic heterocycles. The minimum atomic E-state index is 0.0737. The fourth-order valence-corrected chi connectivity index (χ4v) is 3.37. The molecule has 0 heterocycles. The van der Waals surface area contributed by atoms with Crippen LogP contribution < -0.4 is 5.32 Å². The van der Waals surface area contributed by atoms with E-state index in [1.54, 1.807) is 13.0 Å². The Morgan fingerprint density at radius 1 is 1.04 bits per heavy atom. The molecule has 1 aliphatic carbocycles. The summed E-state index contributed by atoms with van der Waals surface area (Å²) in [4.78, 5) is 11.4. The van der Waals surface area contributed by atoms with Crippen molar-refractivity contribution in [2.45, 2.75) is 51.6 Å². The molecule has 2 N–H and O–H groups in total. The fraction of sp³-hybridized carbons (Fsp3) is 0.381. The highest BCUT2D eigenvalue weighted by molar-refractivity contribution is 5.94. The zero-order valence-corrected chi connectivity index (χ0v) is 14.2. The molecule has 126 valence electrons. The molecule has 1 fully saturated rings. The molecule has 0 unspecified atom stereocenters. The summed E-state index contributed by atoms with van der Waals surface area (Å²) in [7, 11) is 0. The number of phenolic OH excluding ortho intramolecular Hbond substituents is 1. The summed E-state index contributed by atoms with van der Waals surface area (Å²) >= 11 is 0. The van der Waals surface area contributed by atoms with E-state index in [-0.39, 0.29) is 5.78 Å². The van der Waals surface area contributed by atoms with Gasteiger partial charge in [0.05, 0.1) is 0 Å². The van der Waals surface area contributed by atoms with Crippen LogP contribution in [0.5, 0.6) is 5.75 Å². The van der Waals surface area contributed by atoms with Crippen LogP contribution >= 0.6 is 0 Å². The number of benzene rings is 2. The molecular weight excluding hydrogens is 298 g/mol. The van der Waals surface area contributed by atoms with E-state index < -0.39 is 0 Å². The zero-order chi connectivity index (χ0) is 16.9. The number of phenols is 1. The van der Waals surface area contributed by atoms with Crippen LogP contribution in [0.2, 0.25) is 0 Å². The van der Waals surface area contributed by atoms with Crippen molar-refractivity contribution in [1.29, 1.82) is 0 Å². The summed E-state index contributed by atoms with van der Waals surface area (Å²) in [6.07, 6.45) is 6.40. The third-order valence-corrected chi connectivity index (χ3v) is 4.89. The maximum atomic E-state index is 11.4. The van der Waals surface area contributed by atoms with Gasteiger partial charge in [0.2, 0.25) is 0 Å². The van der Waals surface area contributed by atoms with Gasteiger partial charge >= 0.3 is 0 Å². The second kappa shape index (κ2) is 7.63. The van der Waals surface area contributed by atoms with Crippen molar-refractivity contribution in [3.63, 3.8) is 0 Å². The van der Waals surface area contributed by atoms with Crippen LogP contribution in [0, 0.1) is 0 Å². The first-order valence-corrected chi connectivity index (χ1v) is 8.80. The molecule has 3 rings (SSSR count). The third-order valence-electron chi connectivity index (χ3n) is 4.89. The first-order valence-electron chi connectivity index (χ1n) is 8.80. The molecule has 0 atom stereocenters. The van der Waals surface area contributed by atoms with Gasteiger partial charge in [-0.1, -0.05) is 49.6 Å². The molecule has 0 saturated heterocycles. The third kappa shape index (κ3) is 4.04. The van der Waals surface area contributed by atoms with Gasteiger partial charge in [0, 0.05) is 23.7 Å². The molecule has 3 nitrogen and oxygen atoms in total. The lowest BCUT2D eigenvalue weighted by Gasteiger charge is -2.23. The van der Waals surface area contributed by atoms with Gasteiger partial charge in [0.1, 0.15) is 5.75 Å². The molecule has 0 bridgehead atoms. The summed E-state index contributed by atoms with van der Waals surface area (Å²) in [5, 5.41) is 13.7. The zero-order valence-electron chi connectivity index (χ0n) is 14.2. The summed E-state index contributed by atoms with van der Waals surface area (Å²) in [5.41, 5.74) is 3.76. The van der Waals surface area contributed by atoms with Crippen LogP contribution in [0.15, 0.2) is 42.5 Å². The Kier molecular flexibility index (Phi) is 5.31. The molecule has 0 radical (unpaired) electrons. The van der Waals surface area contributed by atoms with Crippen molar-refractivity contribution in [3.05, 3.63) is 53.6 Å². The van der Waals surface area contributed by atoms with E-state index in [1.807, 2.05) is 36.4 Å². The highest BCUT2D eigenvalue weighted by Gasteiger charge is 2.13. The predicted molar refractivity (Wildman–Crippen MR) is 97.3 cm³/mol. The van der Waals surface area contributed by atoms with Gasteiger partial charge in [-0.05, 0) is 43.0 Å². The standard InChI is InChI=1S/C21H25NO2/c1-15(23)16-7-9-17(10-8-16)18-11-12-21(24)19(13-18)14-22-20-5-3-2-4-6-20/h7-13,20,22,24H,2-6,14H2,1H3. The molecule has 3 heteroatoms. The van der Waals surface area contributed by atoms with E-state index in [9.17, 15) is 9.90 Å². The minimum absolute atomic E-state index is 0.0737. The Labute approximate surface area is 143 Å². The quantitative estimate of drug-likeness (QED) is 0.785. The van der Waals surface area contributed by atoms with Crippen molar-refractivity contribution < 1.29 is 9.90 Å². The number of rotatable bonds is 5. The van der Waals surface area contributed by atoms with Crippen molar-refractivity contribution in [2.75, 3.05) is 0 Å². The number of carbonyl (C=O) groups is 1. The van der Waals surface area contributed by atoms with Crippen LogP contribution in [-0.2, 0) is 6.54 Å². The Bertz CT molecular complexity index is 700. The lowest BCUT2D eigenvalue weighted by molar-refractivity contribution is 0.101. The SMILES string of the molecule is CC(=O)c1ccc(-c2ccc(O)c(CNC3CCCCC3)c2)cc1. The Morgan fingerprint density at radius 3 is 2.38 bits per heavy atom. The van der Waals surface area contributed by atoms with Crippen LogP contribution in [0.25, 0.3) is 11.1 Å². The summed E-state index contributed by atoms with van der Waals surface area (Å²) in [6, 6.07) is 13.9. The van der Waals surface area contributed by atoms with Gasteiger partial charge in [-0.15, -0.1) is 0 Å². The normalized spacial score (nSPS) is 15.4. The number of aromatic hydroxyl groups is 1. The first-order chi connectivity index (χ1) is 11.6.